The molecule has 2 rings (SSSR count). The Bertz CT molecular complexity index is 1930. The van der Waals surface area contributed by atoms with Gasteiger partial charge in [-0.15, -0.1) is 0 Å². The van der Waals surface area contributed by atoms with Crippen molar-refractivity contribution in [3.63, 3.8) is 0 Å². The summed E-state index contributed by atoms with van der Waals surface area (Å²) >= 11 is 0. The summed E-state index contributed by atoms with van der Waals surface area (Å²) in [7, 11) is 0. The first-order chi connectivity index (χ1) is 29.9. The first-order valence-electron chi connectivity index (χ1n) is 21.3. The van der Waals surface area contributed by atoms with Gasteiger partial charge in [0.15, 0.2) is 0 Å². The minimum absolute atomic E-state index is 0.0980. The summed E-state index contributed by atoms with van der Waals surface area (Å²) in [5.74, 6) is -1.17. The molecular weight excluding hydrogens is 827 g/mol. The summed E-state index contributed by atoms with van der Waals surface area (Å²) in [4.78, 5) is 75.8. The van der Waals surface area contributed by atoms with Crippen molar-refractivity contribution in [3.05, 3.63) is 95.6 Å². The smallest absolute Gasteiger partial charge is 0.407 e. The first kappa shape index (κ1) is 54.0. The molecule has 0 spiro atoms. The number of nitrogens with zero attached hydrogens (tertiary/aromatic N) is 1. The predicted octanol–water partition coefficient (Wildman–Crippen LogP) is 7.18. The van der Waals surface area contributed by atoms with Crippen molar-refractivity contribution in [1.29, 1.82) is 0 Å². The predicted molar refractivity (Wildman–Crippen MR) is 241 cm³/mol. The highest BCUT2D eigenvalue weighted by Crippen LogP contribution is 2.28. The van der Waals surface area contributed by atoms with Crippen molar-refractivity contribution >= 4 is 36.3 Å². The molecule has 0 bridgehead atoms. The van der Waals surface area contributed by atoms with Gasteiger partial charge in [-0.3, -0.25) is 4.90 Å². The molecule has 17 nitrogen and oxygen atoms in total. The van der Waals surface area contributed by atoms with E-state index in [1.54, 1.807) is 0 Å². The third-order valence-electron chi connectivity index (χ3n) is 10.0. The van der Waals surface area contributed by atoms with Crippen LogP contribution in [0.15, 0.2) is 73.3 Å². The number of ether oxygens (including phenoxy) is 6. The molecular formula is C47H69N5O12. The van der Waals surface area contributed by atoms with Gasteiger partial charge in [-0.1, -0.05) is 75.0 Å². The van der Waals surface area contributed by atoms with Crippen LogP contribution in [0.3, 0.4) is 0 Å². The van der Waals surface area contributed by atoms with E-state index in [9.17, 15) is 28.8 Å². The van der Waals surface area contributed by atoms with Gasteiger partial charge in [-0.05, 0) is 97.5 Å². The van der Waals surface area contributed by atoms with E-state index < -0.39 is 58.5 Å². The molecule has 354 valence electrons. The summed E-state index contributed by atoms with van der Waals surface area (Å²) in [5, 5.41) is 11.5. The number of esters is 2. The van der Waals surface area contributed by atoms with Gasteiger partial charge in [0.25, 0.3) is 0 Å². The molecule has 0 saturated heterocycles. The number of rotatable bonds is 25. The molecule has 0 atom stereocenters. The SMILES string of the molecule is C=CC(=O)OCCOC(=O)NC(C)(C)c1cccc(C(C)(C)NC(=O)OCCN(CCCC)CCOC(=O)NC(C)(C)c2cccc(C(C)(C)NC(=O)OCCOC(=O)C(=C)C)c2)c1. The van der Waals surface area contributed by atoms with Crippen LogP contribution < -0.4 is 21.3 Å². The number of carbonyl (C=O) groups excluding carboxylic acids is 6. The largest absolute Gasteiger partial charge is 0.459 e. The fraction of sp³-hybridized carbons (Fsp3) is 0.532. The molecule has 4 amide bonds. The van der Waals surface area contributed by atoms with Crippen molar-refractivity contribution in [1.82, 2.24) is 26.2 Å². The molecule has 0 aromatic heterocycles. The molecule has 0 unspecified atom stereocenters. The van der Waals surface area contributed by atoms with Crippen LogP contribution in [0.2, 0.25) is 0 Å². The number of hydrogen-bond donors (Lipinski definition) is 4. The maximum absolute atomic E-state index is 13.0. The van der Waals surface area contributed by atoms with Gasteiger partial charge in [0, 0.05) is 24.7 Å². The molecule has 2 aromatic carbocycles. The van der Waals surface area contributed by atoms with Gasteiger partial charge >= 0.3 is 36.3 Å². The lowest BCUT2D eigenvalue weighted by atomic mass is 9.87. The Morgan fingerprint density at radius 2 is 0.875 bits per heavy atom. The average Bonchev–Trinajstić information content (AvgIpc) is 3.22. The molecule has 0 heterocycles. The van der Waals surface area contributed by atoms with E-state index in [0.717, 1.165) is 41.2 Å². The highest BCUT2D eigenvalue weighted by Gasteiger charge is 2.30. The Morgan fingerprint density at radius 1 is 0.547 bits per heavy atom. The summed E-state index contributed by atoms with van der Waals surface area (Å²) < 4.78 is 31.3. The Hall–Kier alpha value is -6.10. The van der Waals surface area contributed by atoms with Crippen molar-refractivity contribution in [2.75, 3.05) is 59.3 Å². The second-order valence-electron chi connectivity index (χ2n) is 17.2. The Labute approximate surface area is 377 Å². The van der Waals surface area contributed by atoms with Crippen LogP contribution in [0.1, 0.15) is 104 Å². The van der Waals surface area contributed by atoms with Crippen molar-refractivity contribution in [3.8, 4) is 0 Å². The molecule has 0 aliphatic carbocycles. The van der Waals surface area contributed by atoms with Crippen LogP contribution in [0, 0.1) is 0 Å². The van der Waals surface area contributed by atoms with Crippen molar-refractivity contribution in [2.45, 2.75) is 104 Å². The maximum atomic E-state index is 13.0. The Kier molecular flexibility index (Phi) is 21.3. The van der Waals surface area contributed by atoms with E-state index in [2.05, 4.69) is 46.2 Å². The summed E-state index contributed by atoms with van der Waals surface area (Å²) in [6.07, 6.45) is 0.278. The monoisotopic (exact) mass is 895 g/mol. The molecule has 17 heteroatoms. The highest BCUT2D eigenvalue weighted by molar-refractivity contribution is 5.87. The zero-order chi connectivity index (χ0) is 48.1. The van der Waals surface area contributed by atoms with Gasteiger partial charge in [0.2, 0.25) is 0 Å². The van der Waals surface area contributed by atoms with E-state index in [0.29, 0.717) is 19.6 Å². The van der Waals surface area contributed by atoms with E-state index in [4.69, 9.17) is 28.4 Å². The van der Waals surface area contributed by atoms with E-state index in [1.807, 2.05) is 104 Å². The molecule has 0 fully saturated rings. The second-order valence-corrected chi connectivity index (χ2v) is 17.2. The Morgan fingerprint density at radius 3 is 1.20 bits per heavy atom. The van der Waals surface area contributed by atoms with Crippen LogP contribution in [0.5, 0.6) is 0 Å². The number of unbranched alkanes of at least 4 members (excludes halogenated alkanes) is 1. The first-order valence-corrected chi connectivity index (χ1v) is 21.3. The number of benzene rings is 2. The molecule has 64 heavy (non-hydrogen) atoms. The van der Waals surface area contributed by atoms with Crippen LogP contribution in [-0.4, -0.2) is 100 Å². The van der Waals surface area contributed by atoms with Gasteiger partial charge in [0.05, 0.1) is 22.2 Å². The van der Waals surface area contributed by atoms with E-state index >= 15 is 0 Å². The minimum Gasteiger partial charge on any atom is -0.459 e. The normalized spacial score (nSPS) is 11.7. The lowest BCUT2D eigenvalue weighted by Gasteiger charge is -2.31. The number of hydrogen-bond acceptors (Lipinski definition) is 13. The zero-order valence-corrected chi connectivity index (χ0v) is 39.2. The van der Waals surface area contributed by atoms with Crippen LogP contribution in [0.4, 0.5) is 19.2 Å². The van der Waals surface area contributed by atoms with Crippen LogP contribution in [-0.2, 0) is 60.2 Å². The lowest BCUT2D eigenvalue weighted by molar-refractivity contribution is -0.140. The van der Waals surface area contributed by atoms with E-state index in [-0.39, 0.29) is 45.2 Å². The van der Waals surface area contributed by atoms with Gasteiger partial charge < -0.3 is 49.7 Å². The number of carbonyl (C=O) groups is 6. The number of alkyl carbamates (subject to hydrolysis) is 4. The van der Waals surface area contributed by atoms with Gasteiger partial charge in [-0.25, -0.2) is 28.8 Å². The average molecular weight is 896 g/mol. The summed E-state index contributed by atoms with van der Waals surface area (Å²) in [6.45, 7) is 26.3. The molecule has 2 aromatic rings. The van der Waals surface area contributed by atoms with Crippen molar-refractivity contribution < 1.29 is 57.2 Å². The zero-order valence-electron chi connectivity index (χ0n) is 39.2. The highest BCUT2D eigenvalue weighted by atomic mass is 16.6. The molecule has 0 aliphatic heterocycles. The topological polar surface area (TPSA) is 209 Å². The molecule has 0 radical (unpaired) electrons. The third kappa shape index (κ3) is 19.1. The summed E-state index contributed by atoms with van der Waals surface area (Å²) in [5.41, 5.74) is -0.0724. The fourth-order valence-corrected chi connectivity index (χ4v) is 6.03. The molecule has 0 saturated carbocycles. The summed E-state index contributed by atoms with van der Waals surface area (Å²) in [6, 6.07) is 14.9. The maximum Gasteiger partial charge on any atom is 0.407 e. The van der Waals surface area contributed by atoms with Crippen LogP contribution >= 0.6 is 0 Å². The number of nitrogens with one attached hydrogen (secondary N) is 4. The van der Waals surface area contributed by atoms with Crippen LogP contribution in [0.25, 0.3) is 0 Å². The fourth-order valence-electron chi connectivity index (χ4n) is 6.03. The Balaban J connectivity index is 1.89. The van der Waals surface area contributed by atoms with Crippen molar-refractivity contribution in [2.24, 2.45) is 0 Å². The molecule has 4 N–H and O–H groups in total. The number of amides is 4. The quantitative estimate of drug-likeness (QED) is 0.0337. The lowest BCUT2D eigenvalue weighted by Crippen LogP contribution is -2.44. The third-order valence-corrected chi connectivity index (χ3v) is 10.0. The molecule has 0 aliphatic rings. The van der Waals surface area contributed by atoms with Gasteiger partial charge in [-0.2, -0.15) is 0 Å². The minimum atomic E-state index is -0.851. The van der Waals surface area contributed by atoms with Gasteiger partial charge in [0.1, 0.15) is 39.6 Å². The van der Waals surface area contributed by atoms with E-state index in [1.165, 1.54) is 6.92 Å². The standard InChI is InChI=1S/C47H69N5O12/c1-13-15-22-52(23-25-61-40(55)48-44(5,6)34-18-16-20-36(31-34)46(9,10)50-42(57)63-29-27-59-38(53)14-2)24-26-62-41(56)49-45(7,8)35-19-17-21-37(32-35)47(11,12)51-43(58)64-30-28-60-39(54)33(3)4/h14,16-21,31-32H,2-3,13,15,22-30H2,1,4-12H3,(H,48,55)(H,49,56)(H,50,57)(H,51,58). The second kappa shape index (κ2) is 25.3.